The molecule has 1 saturated heterocycles. The van der Waals surface area contributed by atoms with Crippen molar-refractivity contribution in [2.75, 3.05) is 46.9 Å². The second-order valence-electron chi connectivity index (χ2n) is 9.24. The maximum Gasteiger partial charge on any atom is 0.112 e. The molecule has 3 N–H and O–H groups in total. The monoisotopic (exact) mass is 406 g/mol. The lowest BCUT2D eigenvalue weighted by atomic mass is 9.78. The Morgan fingerprint density at radius 3 is 2.24 bits per heavy atom. The molecule has 0 unspecified atom stereocenters. The van der Waals surface area contributed by atoms with E-state index in [1.807, 2.05) is 14.2 Å². The summed E-state index contributed by atoms with van der Waals surface area (Å²) in [6.45, 7) is 4.62. The third kappa shape index (κ3) is 7.50. The fourth-order valence-electron chi connectivity index (χ4n) is 5.17. The largest absolute Gasteiger partial charge is 0.381 e. The van der Waals surface area contributed by atoms with Gasteiger partial charge in [-0.2, -0.15) is 0 Å². The molecule has 3 aliphatic rings. The van der Waals surface area contributed by atoms with Crippen molar-refractivity contribution in [3.8, 4) is 12.3 Å². The predicted octanol–water partition coefficient (Wildman–Crippen LogP) is 1.77. The van der Waals surface area contributed by atoms with E-state index in [0.29, 0.717) is 24.8 Å². The zero-order chi connectivity index (χ0) is 20.5. The number of terminal acetylenes is 1. The molecule has 1 aliphatic heterocycles. The highest BCUT2D eigenvalue weighted by atomic mass is 16.5. The molecule has 2 aliphatic carbocycles. The maximum atomic E-state index is 6.06. The van der Waals surface area contributed by atoms with Gasteiger partial charge in [0.25, 0.3) is 0 Å². The first-order valence-electron chi connectivity index (χ1n) is 11.7. The molecule has 0 spiro atoms. The Morgan fingerprint density at radius 2 is 1.62 bits per heavy atom. The van der Waals surface area contributed by atoms with Gasteiger partial charge in [-0.05, 0) is 70.3 Å². The van der Waals surface area contributed by atoms with E-state index in [9.17, 15) is 0 Å². The van der Waals surface area contributed by atoms with Crippen LogP contribution in [0.3, 0.4) is 0 Å². The van der Waals surface area contributed by atoms with Crippen LogP contribution in [-0.4, -0.2) is 76.4 Å². The Morgan fingerprint density at radius 1 is 0.966 bits per heavy atom. The SMILES string of the molecule is C#CCN(C)CCOC1CCC(NC2NCC(C3CCC(OC)CC3)CN2)CC1. The van der Waals surface area contributed by atoms with Crippen molar-refractivity contribution in [1.82, 2.24) is 20.9 Å². The second kappa shape index (κ2) is 12.2. The fraction of sp³-hybridized carbons (Fsp3) is 0.913. The average Bonchev–Trinajstić information content (AvgIpc) is 2.76. The van der Waals surface area contributed by atoms with E-state index < -0.39 is 0 Å². The summed E-state index contributed by atoms with van der Waals surface area (Å²) in [6.07, 6.45) is 16.2. The van der Waals surface area contributed by atoms with Crippen LogP contribution >= 0.6 is 0 Å². The highest BCUT2D eigenvalue weighted by Gasteiger charge is 2.31. The Balaban J connectivity index is 1.26. The van der Waals surface area contributed by atoms with Crippen molar-refractivity contribution >= 4 is 0 Å². The van der Waals surface area contributed by atoms with Gasteiger partial charge in [0.15, 0.2) is 0 Å². The number of nitrogens with zero attached hydrogens (tertiary/aromatic N) is 1. The first-order chi connectivity index (χ1) is 14.2. The molecule has 2 saturated carbocycles. The lowest BCUT2D eigenvalue weighted by Gasteiger charge is -2.40. The minimum Gasteiger partial charge on any atom is -0.381 e. The number of rotatable bonds is 9. The molecule has 3 rings (SSSR count). The molecular formula is C23H42N4O2. The van der Waals surface area contributed by atoms with Crippen LogP contribution in [0.2, 0.25) is 0 Å². The topological polar surface area (TPSA) is 57.8 Å². The number of nitrogens with one attached hydrogen (secondary N) is 3. The zero-order valence-corrected chi connectivity index (χ0v) is 18.5. The summed E-state index contributed by atoms with van der Waals surface area (Å²) in [5.41, 5.74) is 0. The van der Waals surface area contributed by atoms with E-state index in [-0.39, 0.29) is 6.29 Å². The summed E-state index contributed by atoms with van der Waals surface area (Å²) in [5.74, 6) is 4.27. The third-order valence-corrected chi connectivity index (χ3v) is 7.15. The number of likely N-dealkylation sites (N-methyl/N-ethyl adjacent to an activating group) is 1. The van der Waals surface area contributed by atoms with Crippen LogP contribution in [0.25, 0.3) is 0 Å². The second-order valence-corrected chi connectivity index (χ2v) is 9.24. The van der Waals surface area contributed by atoms with Gasteiger partial charge in [-0.1, -0.05) is 5.92 Å². The van der Waals surface area contributed by atoms with Gasteiger partial charge in [-0.3, -0.25) is 20.9 Å². The summed E-state index contributed by atoms with van der Waals surface area (Å²) in [6, 6.07) is 0.581. The van der Waals surface area contributed by atoms with Crippen LogP contribution in [0.15, 0.2) is 0 Å². The number of ether oxygens (including phenoxy) is 2. The average molecular weight is 407 g/mol. The van der Waals surface area contributed by atoms with Crippen LogP contribution in [0.1, 0.15) is 51.4 Å². The van der Waals surface area contributed by atoms with E-state index in [1.54, 1.807) is 0 Å². The van der Waals surface area contributed by atoms with Crippen LogP contribution < -0.4 is 16.0 Å². The first kappa shape index (κ1) is 23.0. The van der Waals surface area contributed by atoms with Gasteiger partial charge in [0.1, 0.15) is 6.29 Å². The van der Waals surface area contributed by atoms with E-state index >= 15 is 0 Å². The molecule has 0 aromatic heterocycles. The molecule has 29 heavy (non-hydrogen) atoms. The van der Waals surface area contributed by atoms with Gasteiger partial charge >= 0.3 is 0 Å². The van der Waals surface area contributed by atoms with Crippen molar-refractivity contribution in [3.05, 3.63) is 0 Å². The normalized spacial score (nSPS) is 36.1. The molecule has 0 bridgehead atoms. The summed E-state index contributed by atoms with van der Waals surface area (Å²) >= 11 is 0. The van der Waals surface area contributed by atoms with Crippen molar-refractivity contribution in [3.63, 3.8) is 0 Å². The Bertz CT molecular complexity index is 488. The van der Waals surface area contributed by atoms with Gasteiger partial charge in [0.05, 0.1) is 25.4 Å². The molecule has 166 valence electrons. The van der Waals surface area contributed by atoms with Crippen molar-refractivity contribution in [2.24, 2.45) is 11.8 Å². The minimum absolute atomic E-state index is 0.251. The number of hydrogen-bond donors (Lipinski definition) is 3. The van der Waals surface area contributed by atoms with Gasteiger partial charge in [-0.15, -0.1) is 6.42 Å². The molecule has 6 heteroatoms. The van der Waals surface area contributed by atoms with E-state index in [2.05, 4.69) is 26.8 Å². The molecule has 0 aromatic rings. The van der Waals surface area contributed by atoms with Gasteiger partial charge in [-0.25, -0.2) is 0 Å². The van der Waals surface area contributed by atoms with Crippen molar-refractivity contribution in [1.29, 1.82) is 0 Å². The molecule has 3 fully saturated rings. The van der Waals surface area contributed by atoms with Crippen LogP contribution in [0.4, 0.5) is 0 Å². The number of methoxy groups -OCH3 is 1. The van der Waals surface area contributed by atoms with E-state index in [4.69, 9.17) is 15.9 Å². The molecule has 0 amide bonds. The highest BCUT2D eigenvalue weighted by Crippen LogP contribution is 2.31. The summed E-state index contributed by atoms with van der Waals surface area (Å²) in [5, 5.41) is 11.2. The fourth-order valence-corrected chi connectivity index (χ4v) is 5.17. The van der Waals surface area contributed by atoms with Crippen molar-refractivity contribution < 1.29 is 9.47 Å². The Kier molecular flexibility index (Phi) is 9.71. The van der Waals surface area contributed by atoms with E-state index in [0.717, 1.165) is 50.9 Å². The lowest BCUT2D eigenvalue weighted by Crippen LogP contribution is -2.63. The smallest absolute Gasteiger partial charge is 0.112 e. The van der Waals surface area contributed by atoms with Crippen LogP contribution in [0, 0.1) is 24.2 Å². The molecule has 6 nitrogen and oxygen atoms in total. The third-order valence-electron chi connectivity index (χ3n) is 7.15. The molecular weight excluding hydrogens is 364 g/mol. The highest BCUT2D eigenvalue weighted by molar-refractivity contribution is 4.88. The van der Waals surface area contributed by atoms with Gasteiger partial charge < -0.3 is 9.47 Å². The lowest BCUT2D eigenvalue weighted by molar-refractivity contribution is 0.0123. The molecule has 1 heterocycles. The molecule has 0 radical (unpaired) electrons. The molecule has 0 atom stereocenters. The van der Waals surface area contributed by atoms with Crippen molar-refractivity contribution in [2.45, 2.75) is 75.9 Å². The maximum absolute atomic E-state index is 6.06. The van der Waals surface area contributed by atoms with Gasteiger partial charge in [0.2, 0.25) is 0 Å². The molecule has 0 aromatic carbocycles. The Labute approximate surface area is 177 Å². The Hall–Kier alpha value is -0.680. The minimum atomic E-state index is 0.251. The zero-order valence-electron chi connectivity index (χ0n) is 18.5. The standard InChI is InChI=1S/C23H42N4O2/c1-4-13-27(2)14-15-29-22-11-7-20(8-12-22)26-23-24-16-19(17-25-23)18-5-9-21(28-3)10-6-18/h1,18-26H,5-17H2,2-3H3. The first-order valence-corrected chi connectivity index (χ1v) is 11.7. The van der Waals surface area contributed by atoms with Crippen LogP contribution in [0.5, 0.6) is 0 Å². The quantitative estimate of drug-likeness (QED) is 0.508. The number of hydrogen-bond acceptors (Lipinski definition) is 6. The van der Waals surface area contributed by atoms with E-state index in [1.165, 1.54) is 38.5 Å². The summed E-state index contributed by atoms with van der Waals surface area (Å²) in [4.78, 5) is 2.13. The van der Waals surface area contributed by atoms with Gasteiger partial charge in [0, 0.05) is 32.8 Å². The summed E-state index contributed by atoms with van der Waals surface area (Å²) < 4.78 is 11.6. The van der Waals surface area contributed by atoms with Crippen LogP contribution in [-0.2, 0) is 9.47 Å². The summed E-state index contributed by atoms with van der Waals surface area (Å²) in [7, 11) is 3.90. The predicted molar refractivity (Wildman–Crippen MR) is 118 cm³/mol.